The molecular formula is C20H23ClN2O3S. The number of oxime groups is 1. The van der Waals surface area contributed by atoms with Crippen molar-refractivity contribution in [1.29, 1.82) is 0 Å². The Labute approximate surface area is 170 Å². The lowest BCUT2D eigenvalue weighted by atomic mass is 10.1. The van der Waals surface area contributed by atoms with Crippen molar-refractivity contribution in [2.24, 2.45) is 5.16 Å². The zero-order valence-electron chi connectivity index (χ0n) is 15.6. The Morgan fingerprint density at radius 2 is 1.78 bits per heavy atom. The van der Waals surface area contributed by atoms with E-state index < -0.39 is 0 Å². The third-order valence-electron chi connectivity index (χ3n) is 3.76. The average molecular weight is 407 g/mol. The molecule has 27 heavy (non-hydrogen) atoms. The van der Waals surface area contributed by atoms with Gasteiger partial charge >= 0.3 is 0 Å². The summed E-state index contributed by atoms with van der Waals surface area (Å²) in [5.41, 5.74) is 2.53. The van der Waals surface area contributed by atoms with Crippen molar-refractivity contribution in [1.82, 2.24) is 5.32 Å². The van der Waals surface area contributed by atoms with E-state index in [9.17, 15) is 0 Å². The number of benzene rings is 2. The lowest BCUT2D eigenvalue weighted by Crippen LogP contribution is -2.31. The van der Waals surface area contributed by atoms with Gasteiger partial charge in [-0.1, -0.05) is 47.2 Å². The fraction of sp³-hybridized carbons (Fsp3) is 0.300. The molecule has 144 valence electrons. The van der Waals surface area contributed by atoms with E-state index in [2.05, 4.69) is 10.5 Å². The third-order valence-corrected chi connectivity index (χ3v) is 4.35. The van der Waals surface area contributed by atoms with E-state index in [0.29, 0.717) is 40.4 Å². The SMILES string of the molecule is CCO/N=C(/C(=S)NCCc1ccc(OC)c(OC)c1)c1ccc(Cl)cc1. The second-order valence-corrected chi connectivity index (χ2v) is 6.40. The topological polar surface area (TPSA) is 52.1 Å². The molecule has 0 aliphatic carbocycles. The molecule has 5 nitrogen and oxygen atoms in total. The molecule has 2 rings (SSSR count). The summed E-state index contributed by atoms with van der Waals surface area (Å²) in [5, 5.41) is 8.04. The smallest absolute Gasteiger partial charge is 0.160 e. The molecule has 2 aromatic rings. The zero-order chi connectivity index (χ0) is 19.6. The van der Waals surface area contributed by atoms with Crippen LogP contribution >= 0.6 is 23.8 Å². The van der Waals surface area contributed by atoms with E-state index in [4.69, 9.17) is 38.1 Å². The summed E-state index contributed by atoms with van der Waals surface area (Å²) >= 11 is 11.5. The number of rotatable bonds is 9. The molecule has 0 radical (unpaired) electrons. The molecule has 0 unspecified atom stereocenters. The highest BCUT2D eigenvalue weighted by Gasteiger charge is 2.12. The van der Waals surface area contributed by atoms with E-state index in [-0.39, 0.29) is 0 Å². The second-order valence-electron chi connectivity index (χ2n) is 5.56. The fourth-order valence-electron chi connectivity index (χ4n) is 2.40. The fourth-order valence-corrected chi connectivity index (χ4v) is 2.79. The van der Waals surface area contributed by atoms with Crippen LogP contribution in [0.15, 0.2) is 47.6 Å². The number of nitrogens with zero attached hydrogens (tertiary/aromatic N) is 1. The molecular weight excluding hydrogens is 384 g/mol. The maximum Gasteiger partial charge on any atom is 0.160 e. The number of methoxy groups -OCH3 is 2. The number of hydrogen-bond acceptors (Lipinski definition) is 5. The summed E-state index contributed by atoms with van der Waals surface area (Å²) in [6.45, 7) is 2.98. The first-order valence-electron chi connectivity index (χ1n) is 8.54. The van der Waals surface area contributed by atoms with Crippen molar-refractivity contribution in [2.75, 3.05) is 27.4 Å². The van der Waals surface area contributed by atoms with Gasteiger partial charge in [0.25, 0.3) is 0 Å². The first kappa shape index (κ1) is 21.0. The Morgan fingerprint density at radius 3 is 2.41 bits per heavy atom. The molecule has 0 aliphatic rings. The Morgan fingerprint density at radius 1 is 1.07 bits per heavy atom. The van der Waals surface area contributed by atoms with Crippen LogP contribution in [0, 0.1) is 0 Å². The van der Waals surface area contributed by atoms with Gasteiger partial charge in [0.15, 0.2) is 11.5 Å². The minimum atomic E-state index is 0.464. The van der Waals surface area contributed by atoms with Gasteiger partial charge in [0.05, 0.1) is 14.2 Å². The lowest BCUT2D eigenvalue weighted by molar-refractivity contribution is 0.159. The van der Waals surface area contributed by atoms with Gasteiger partial charge in [-0.15, -0.1) is 0 Å². The van der Waals surface area contributed by atoms with Crippen LogP contribution in [0.3, 0.4) is 0 Å². The standard InChI is InChI=1S/C20H23ClN2O3S/c1-4-26-23-19(15-6-8-16(21)9-7-15)20(27)22-12-11-14-5-10-17(24-2)18(13-14)25-3/h5-10,13H,4,11-12H2,1-3H3,(H,22,27)/b23-19+. The molecule has 0 aromatic heterocycles. The molecule has 0 spiro atoms. The van der Waals surface area contributed by atoms with E-state index in [0.717, 1.165) is 17.5 Å². The molecule has 0 atom stereocenters. The van der Waals surface area contributed by atoms with E-state index >= 15 is 0 Å². The van der Waals surface area contributed by atoms with Gasteiger partial charge in [-0.25, -0.2) is 0 Å². The maximum absolute atomic E-state index is 5.96. The summed E-state index contributed by atoms with van der Waals surface area (Å²) < 4.78 is 10.6. The van der Waals surface area contributed by atoms with Gasteiger partial charge in [-0.3, -0.25) is 0 Å². The normalized spacial score (nSPS) is 11.0. The van der Waals surface area contributed by atoms with Crippen LogP contribution in [0.5, 0.6) is 11.5 Å². The molecule has 0 fully saturated rings. The largest absolute Gasteiger partial charge is 0.493 e. The third kappa shape index (κ3) is 6.12. The Hall–Kier alpha value is -2.31. The molecule has 0 aliphatic heterocycles. The number of thiocarbonyl (C=S) groups is 1. The minimum Gasteiger partial charge on any atom is -0.493 e. The van der Waals surface area contributed by atoms with Crippen LogP contribution in [0.2, 0.25) is 5.02 Å². The molecule has 0 heterocycles. The van der Waals surface area contributed by atoms with E-state index in [1.54, 1.807) is 26.4 Å². The van der Waals surface area contributed by atoms with Gasteiger partial charge < -0.3 is 19.6 Å². The zero-order valence-corrected chi connectivity index (χ0v) is 17.2. The molecule has 0 saturated heterocycles. The van der Waals surface area contributed by atoms with Gasteiger partial charge in [0, 0.05) is 17.1 Å². The van der Waals surface area contributed by atoms with Crippen molar-refractivity contribution in [3.8, 4) is 11.5 Å². The van der Waals surface area contributed by atoms with Crippen molar-refractivity contribution in [3.63, 3.8) is 0 Å². The van der Waals surface area contributed by atoms with Crippen LogP contribution in [0.4, 0.5) is 0 Å². The van der Waals surface area contributed by atoms with Gasteiger partial charge in [-0.05, 0) is 43.2 Å². The lowest BCUT2D eigenvalue weighted by Gasteiger charge is -2.12. The first-order chi connectivity index (χ1) is 13.1. The monoisotopic (exact) mass is 406 g/mol. The molecule has 0 bridgehead atoms. The van der Waals surface area contributed by atoms with Gasteiger partial charge in [0.2, 0.25) is 0 Å². The van der Waals surface area contributed by atoms with Crippen molar-refractivity contribution < 1.29 is 14.3 Å². The highest BCUT2D eigenvalue weighted by Crippen LogP contribution is 2.27. The van der Waals surface area contributed by atoms with Crippen LogP contribution < -0.4 is 14.8 Å². The number of hydrogen-bond donors (Lipinski definition) is 1. The number of halogens is 1. The number of nitrogens with one attached hydrogen (secondary N) is 1. The van der Waals surface area contributed by atoms with Gasteiger partial charge in [-0.2, -0.15) is 0 Å². The van der Waals surface area contributed by atoms with Crippen molar-refractivity contribution in [2.45, 2.75) is 13.3 Å². The Balaban J connectivity index is 2.02. The Bertz CT molecular complexity index is 794. The highest BCUT2D eigenvalue weighted by molar-refractivity contribution is 7.82. The summed E-state index contributed by atoms with van der Waals surface area (Å²) in [7, 11) is 3.24. The quantitative estimate of drug-likeness (QED) is 0.383. The number of ether oxygens (including phenoxy) is 2. The maximum atomic E-state index is 5.96. The minimum absolute atomic E-state index is 0.464. The predicted octanol–water partition coefficient (Wildman–Crippen LogP) is 4.26. The molecule has 2 aromatic carbocycles. The van der Waals surface area contributed by atoms with E-state index in [1.807, 2.05) is 37.3 Å². The summed E-state index contributed by atoms with van der Waals surface area (Å²) in [5.74, 6) is 1.41. The van der Waals surface area contributed by atoms with Crippen LogP contribution in [-0.2, 0) is 11.3 Å². The second kappa shape index (κ2) is 10.7. The van der Waals surface area contributed by atoms with Crippen LogP contribution in [0.1, 0.15) is 18.1 Å². The van der Waals surface area contributed by atoms with Crippen LogP contribution in [-0.4, -0.2) is 38.1 Å². The van der Waals surface area contributed by atoms with Crippen molar-refractivity contribution >= 4 is 34.5 Å². The molecule has 1 N–H and O–H groups in total. The predicted molar refractivity (Wildman–Crippen MR) is 113 cm³/mol. The molecule has 0 amide bonds. The Kier molecular flexibility index (Phi) is 8.36. The molecule has 0 saturated carbocycles. The first-order valence-corrected chi connectivity index (χ1v) is 9.32. The highest BCUT2D eigenvalue weighted by atomic mass is 35.5. The van der Waals surface area contributed by atoms with Crippen LogP contribution in [0.25, 0.3) is 0 Å². The van der Waals surface area contributed by atoms with Crippen molar-refractivity contribution in [3.05, 3.63) is 58.6 Å². The van der Waals surface area contributed by atoms with E-state index in [1.165, 1.54) is 0 Å². The summed E-state index contributed by atoms with van der Waals surface area (Å²) in [6.07, 6.45) is 0.767. The summed E-state index contributed by atoms with van der Waals surface area (Å²) in [4.78, 5) is 5.74. The molecule has 7 heteroatoms. The average Bonchev–Trinajstić information content (AvgIpc) is 2.69. The van der Waals surface area contributed by atoms with Gasteiger partial charge in [0.1, 0.15) is 17.3 Å². The summed E-state index contributed by atoms with van der Waals surface area (Å²) in [6, 6.07) is 13.2.